The summed E-state index contributed by atoms with van der Waals surface area (Å²) in [5.41, 5.74) is 3.35. The molecule has 1 saturated heterocycles. The quantitative estimate of drug-likeness (QED) is 0.814. The zero-order valence-corrected chi connectivity index (χ0v) is 10.6. The molecule has 1 nitrogen and oxygen atoms in total. The maximum atomic E-state index is 3.75. The van der Waals surface area contributed by atoms with Gasteiger partial charge in [0.05, 0.1) is 0 Å². The van der Waals surface area contributed by atoms with E-state index in [0.29, 0.717) is 5.54 Å². The molecular weight excluding hydrogens is 194 g/mol. The third kappa shape index (κ3) is 2.46. The second-order valence-corrected chi connectivity index (χ2v) is 5.16. The molecule has 1 aliphatic rings. The Hall–Kier alpha value is -0.820. The van der Waals surface area contributed by atoms with Crippen molar-refractivity contribution in [1.29, 1.82) is 0 Å². The van der Waals surface area contributed by atoms with E-state index in [-0.39, 0.29) is 0 Å². The van der Waals surface area contributed by atoms with Crippen LogP contribution in [0.2, 0.25) is 0 Å². The average molecular weight is 217 g/mol. The molecule has 0 saturated carbocycles. The van der Waals surface area contributed by atoms with Gasteiger partial charge in [-0.15, -0.1) is 0 Å². The first kappa shape index (κ1) is 11.7. The van der Waals surface area contributed by atoms with E-state index in [9.17, 15) is 0 Å². The van der Waals surface area contributed by atoms with Gasteiger partial charge in [-0.2, -0.15) is 0 Å². The van der Waals surface area contributed by atoms with Crippen molar-refractivity contribution in [1.82, 2.24) is 5.32 Å². The molecular formula is C15H23N. The fourth-order valence-electron chi connectivity index (χ4n) is 2.97. The Morgan fingerprint density at radius 3 is 2.75 bits per heavy atom. The van der Waals surface area contributed by atoms with Gasteiger partial charge in [-0.1, -0.05) is 37.6 Å². The van der Waals surface area contributed by atoms with Gasteiger partial charge in [0.15, 0.2) is 0 Å². The third-order valence-corrected chi connectivity index (χ3v) is 3.85. The van der Waals surface area contributed by atoms with Gasteiger partial charge in [0.25, 0.3) is 0 Å². The van der Waals surface area contributed by atoms with E-state index < -0.39 is 0 Å². The third-order valence-electron chi connectivity index (χ3n) is 3.85. The number of hydrogen-bond donors (Lipinski definition) is 1. The first-order chi connectivity index (χ1) is 7.76. The Bertz CT molecular complexity index is 337. The van der Waals surface area contributed by atoms with Crippen LogP contribution < -0.4 is 5.32 Å². The standard InChI is InChI=1S/C15H23N/c1-3-9-15(10-6-11-16-15)12-14-8-5-4-7-13(14)2/h4-5,7-8,16H,3,6,9-12H2,1-2H3. The van der Waals surface area contributed by atoms with E-state index in [2.05, 4.69) is 43.4 Å². The van der Waals surface area contributed by atoms with Gasteiger partial charge in [-0.05, 0) is 50.3 Å². The van der Waals surface area contributed by atoms with Crippen LogP contribution in [0.4, 0.5) is 0 Å². The van der Waals surface area contributed by atoms with Crippen molar-refractivity contribution in [2.75, 3.05) is 6.54 Å². The highest BCUT2D eigenvalue weighted by Gasteiger charge is 2.32. The highest BCUT2D eigenvalue weighted by Crippen LogP contribution is 2.29. The number of rotatable bonds is 4. The van der Waals surface area contributed by atoms with Crippen molar-refractivity contribution >= 4 is 0 Å². The lowest BCUT2D eigenvalue weighted by Gasteiger charge is -2.30. The lowest BCUT2D eigenvalue weighted by Crippen LogP contribution is -2.41. The van der Waals surface area contributed by atoms with Crippen molar-refractivity contribution in [3.05, 3.63) is 35.4 Å². The lowest BCUT2D eigenvalue weighted by atomic mass is 9.84. The van der Waals surface area contributed by atoms with E-state index in [1.807, 2.05) is 0 Å². The predicted molar refractivity (Wildman–Crippen MR) is 69.8 cm³/mol. The largest absolute Gasteiger partial charge is 0.311 e. The van der Waals surface area contributed by atoms with Gasteiger partial charge in [-0.3, -0.25) is 0 Å². The van der Waals surface area contributed by atoms with E-state index in [1.54, 1.807) is 0 Å². The molecule has 0 aromatic heterocycles. The minimum atomic E-state index is 0.390. The fourth-order valence-corrected chi connectivity index (χ4v) is 2.97. The predicted octanol–water partition coefficient (Wildman–Crippen LogP) is 3.46. The molecule has 0 amide bonds. The second kappa shape index (κ2) is 5.01. The first-order valence-electron chi connectivity index (χ1n) is 6.55. The van der Waals surface area contributed by atoms with E-state index >= 15 is 0 Å². The molecule has 16 heavy (non-hydrogen) atoms. The average Bonchev–Trinajstić information content (AvgIpc) is 2.71. The summed E-state index contributed by atoms with van der Waals surface area (Å²) in [5, 5.41) is 3.75. The van der Waals surface area contributed by atoms with Crippen molar-refractivity contribution < 1.29 is 0 Å². The van der Waals surface area contributed by atoms with Gasteiger partial charge < -0.3 is 5.32 Å². The van der Waals surface area contributed by atoms with Gasteiger partial charge in [0.2, 0.25) is 0 Å². The summed E-state index contributed by atoms with van der Waals surface area (Å²) >= 11 is 0. The Morgan fingerprint density at radius 1 is 1.31 bits per heavy atom. The molecule has 1 heterocycles. The summed E-state index contributed by atoms with van der Waals surface area (Å²) in [7, 11) is 0. The summed E-state index contributed by atoms with van der Waals surface area (Å²) in [6.45, 7) is 5.72. The Kier molecular flexibility index (Phi) is 3.65. The molecule has 0 radical (unpaired) electrons. The lowest BCUT2D eigenvalue weighted by molar-refractivity contribution is 0.341. The highest BCUT2D eigenvalue weighted by molar-refractivity contribution is 5.27. The molecule has 1 aromatic carbocycles. The SMILES string of the molecule is CCCC1(Cc2ccccc2C)CCCN1. The zero-order valence-electron chi connectivity index (χ0n) is 10.6. The molecule has 1 fully saturated rings. The van der Waals surface area contributed by atoms with Crippen molar-refractivity contribution in [2.45, 2.75) is 51.5 Å². The molecule has 1 N–H and O–H groups in total. The van der Waals surface area contributed by atoms with Gasteiger partial charge >= 0.3 is 0 Å². The molecule has 2 rings (SSSR count). The smallest absolute Gasteiger partial charge is 0.0222 e. The van der Waals surface area contributed by atoms with E-state index in [1.165, 1.54) is 49.8 Å². The maximum Gasteiger partial charge on any atom is 0.0222 e. The fraction of sp³-hybridized carbons (Fsp3) is 0.600. The Balaban J connectivity index is 2.14. The molecule has 0 bridgehead atoms. The summed E-state index contributed by atoms with van der Waals surface area (Å²) in [4.78, 5) is 0. The van der Waals surface area contributed by atoms with Crippen LogP contribution in [0.15, 0.2) is 24.3 Å². The molecule has 0 spiro atoms. The molecule has 88 valence electrons. The molecule has 1 atom stereocenters. The Morgan fingerprint density at radius 2 is 2.12 bits per heavy atom. The monoisotopic (exact) mass is 217 g/mol. The van der Waals surface area contributed by atoms with Crippen LogP contribution in [-0.2, 0) is 6.42 Å². The maximum absolute atomic E-state index is 3.75. The topological polar surface area (TPSA) is 12.0 Å². The number of aryl methyl sites for hydroxylation is 1. The molecule has 1 heteroatoms. The van der Waals surface area contributed by atoms with Gasteiger partial charge in [0, 0.05) is 5.54 Å². The number of benzene rings is 1. The van der Waals surface area contributed by atoms with Crippen LogP contribution in [0.5, 0.6) is 0 Å². The van der Waals surface area contributed by atoms with E-state index in [0.717, 1.165) is 0 Å². The summed E-state index contributed by atoms with van der Waals surface area (Å²) in [5.74, 6) is 0. The molecule has 0 aliphatic carbocycles. The van der Waals surface area contributed by atoms with Crippen LogP contribution in [0.1, 0.15) is 43.7 Å². The minimum absolute atomic E-state index is 0.390. The van der Waals surface area contributed by atoms with Gasteiger partial charge in [0.1, 0.15) is 0 Å². The Labute approximate surface area is 99.3 Å². The highest BCUT2D eigenvalue weighted by atomic mass is 15.0. The summed E-state index contributed by atoms with van der Waals surface area (Å²) < 4.78 is 0. The van der Waals surface area contributed by atoms with Crippen LogP contribution >= 0.6 is 0 Å². The zero-order chi connectivity index (χ0) is 11.4. The molecule has 1 unspecified atom stereocenters. The van der Waals surface area contributed by atoms with Crippen molar-refractivity contribution in [3.8, 4) is 0 Å². The second-order valence-electron chi connectivity index (χ2n) is 5.16. The van der Waals surface area contributed by atoms with Crippen LogP contribution in [0.3, 0.4) is 0 Å². The molecule has 1 aromatic rings. The van der Waals surface area contributed by atoms with Crippen LogP contribution in [0.25, 0.3) is 0 Å². The first-order valence-corrected chi connectivity index (χ1v) is 6.55. The van der Waals surface area contributed by atoms with Crippen LogP contribution in [-0.4, -0.2) is 12.1 Å². The normalized spacial score (nSPS) is 24.9. The van der Waals surface area contributed by atoms with Gasteiger partial charge in [-0.25, -0.2) is 0 Å². The summed E-state index contributed by atoms with van der Waals surface area (Å²) in [6, 6.07) is 8.81. The minimum Gasteiger partial charge on any atom is -0.311 e. The number of nitrogens with one attached hydrogen (secondary N) is 1. The summed E-state index contributed by atoms with van der Waals surface area (Å²) in [6.07, 6.45) is 6.47. The van der Waals surface area contributed by atoms with Crippen LogP contribution in [0, 0.1) is 6.92 Å². The van der Waals surface area contributed by atoms with Crippen molar-refractivity contribution in [2.24, 2.45) is 0 Å². The van der Waals surface area contributed by atoms with E-state index in [4.69, 9.17) is 0 Å². The van der Waals surface area contributed by atoms with Crippen molar-refractivity contribution in [3.63, 3.8) is 0 Å². The number of hydrogen-bond acceptors (Lipinski definition) is 1. The molecule has 1 aliphatic heterocycles.